The summed E-state index contributed by atoms with van der Waals surface area (Å²) in [5.41, 5.74) is 3.37. The summed E-state index contributed by atoms with van der Waals surface area (Å²) in [5.74, 6) is 0.000567. The zero-order valence-corrected chi connectivity index (χ0v) is 13.3. The van der Waals surface area contributed by atoms with E-state index in [0.717, 1.165) is 19.3 Å². The number of non-ortho nitro benzene ring substituents is 1. The van der Waals surface area contributed by atoms with Gasteiger partial charge in [0.1, 0.15) is 12.4 Å². The van der Waals surface area contributed by atoms with Gasteiger partial charge in [-0.3, -0.25) is 10.1 Å². The monoisotopic (exact) mass is 327 g/mol. The molecule has 0 saturated carbocycles. The lowest BCUT2D eigenvalue weighted by Gasteiger charge is -2.10. The van der Waals surface area contributed by atoms with Crippen LogP contribution in [0.2, 0.25) is 0 Å². The molecule has 0 aromatic heterocycles. The van der Waals surface area contributed by atoms with Crippen LogP contribution in [0.1, 0.15) is 33.5 Å². The van der Waals surface area contributed by atoms with Crippen LogP contribution in [-0.2, 0) is 24.2 Å². The minimum absolute atomic E-state index is 0.0700. The van der Waals surface area contributed by atoms with Gasteiger partial charge in [-0.25, -0.2) is 4.79 Å². The molecule has 6 heteroatoms. The molecule has 0 aliphatic heterocycles. The molecule has 124 valence electrons. The molecule has 0 atom stereocenters. The Labute approximate surface area is 139 Å². The van der Waals surface area contributed by atoms with E-state index in [0.29, 0.717) is 16.9 Å². The Bertz CT molecular complexity index is 800. The minimum atomic E-state index is -0.495. The number of rotatable bonds is 5. The number of nitrogens with zero attached hydrogens (tertiary/aromatic N) is 1. The number of benzene rings is 2. The van der Waals surface area contributed by atoms with Crippen molar-refractivity contribution in [1.82, 2.24) is 0 Å². The molecule has 0 amide bonds. The van der Waals surface area contributed by atoms with E-state index >= 15 is 0 Å². The second-order valence-electron chi connectivity index (χ2n) is 5.67. The van der Waals surface area contributed by atoms with Crippen molar-refractivity contribution in [3.63, 3.8) is 0 Å². The molecule has 0 unspecified atom stereocenters. The summed E-state index contributed by atoms with van der Waals surface area (Å²) < 4.78 is 10.5. The Kier molecular flexibility index (Phi) is 4.46. The number of hydrogen-bond donors (Lipinski definition) is 0. The van der Waals surface area contributed by atoms with Gasteiger partial charge in [0.05, 0.1) is 17.6 Å². The smallest absolute Gasteiger partial charge is 0.338 e. The fraction of sp³-hybridized carbons (Fsp3) is 0.278. The lowest BCUT2D eigenvalue weighted by atomic mass is 10.1. The predicted octanol–water partition coefficient (Wildman–Crippen LogP) is 3.45. The topological polar surface area (TPSA) is 78.7 Å². The number of esters is 1. The SMILES string of the molecule is COc1ccc([N+](=O)[O-])cc1COC(=O)c1ccc2c(c1)CCC2. The number of ether oxygens (including phenoxy) is 2. The van der Waals surface area contributed by atoms with E-state index < -0.39 is 10.9 Å². The van der Waals surface area contributed by atoms with Gasteiger partial charge < -0.3 is 9.47 Å². The number of aryl methyl sites for hydroxylation is 2. The number of carbonyl (C=O) groups is 1. The molecule has 1 aliphatic rings. The fourth-order valence-electron chi connectivity index (χ4n) is 2.92. The van der Waals surface area contributed by atoms with Crippen LogP contribution >= 0.6 is 0 Å². The third-order valence-corrected chi connectivity index (χ3v) is 4.17. The van der Waals surface area contributed by atoms with Gasteiger partial charge in [-0.15, -0.1) is 0 Å². The highest BCUT2D eigenvalue weighted by molar-refractivity contribution is 5.89. The summed E-state index contributed by atoms with van der Waals surface area (Å²) in [6.07, 6.45) is 3.14. The summed E-state index contributed by atoms with van der Waals surface area (Å²) in [6, 6.07) is 9.80. The van der Waals surface area contributed by atoms with Crippen molar-refractivity contribution in [3.05, 3.63) is 68.8 Å². The highest BCUT2D eigenvalue weighted by Crippen LogP contribution is 2.26. The van der Waals surface area contributed by atoms with E-state index in [1.165, 1.54) is 36.4 Å². The van der Waals surface area contributed by atoms with Crippen LogP contribution < -0.4 is 4.74 Å². The van der Waals surface area contributed by atoms with Gasteiger partial charge in [-0.1, -0.05) is 6.07 Å². The Morgan fingerprint density at radius 2 is 1.96 bits per heavy atom. The van der Waals surface area contributed by atoms with Crippen molar-refractivity contribution < 1.29 is 19.2 Å². The maximum atomic E-state index is 12.2. The van der Waals surface area contributed by atoms with Crippen LogP contribution in [0.25, 0.3) is 0 Å². The van der Waals surface area contributed by atoms with Crippen LogP contribution in [0, 0.1) is 10.1 Å². The first-order valence-corrected chi connectivity index (χ1v) is 7.68. The standard InChI is InChI=1S/C18H17NO5/c1-23-17-8-7-16(19(21)22)10-15(17)11-24-18(20)14-6-5-12-3-2-4-13(12)9-14/h5-10H,2-4,11H2,1H3. The van der Waals surface area contributed by atoms with Crippen LogP contribution in [0.4, 0.5) is 5.69 Å². The van der Waals surface area contributed by atoms with Crippen molar-refractivity contribution in [3.8, 4) is 5.75 Å². The second kappa shape index (κ2) is 6.70. The lowest BCUT2D eigenvalue weighted by molar-refractivity contribution is -0.385. The van der Waals surface area contributed by atoms with E-state index in [1.807, 2.05) is 12.1 Å². The van der Waals surface area contributed by atoms with Gasteiger partial charge in [0.15, 0.2) is 0 Å². The van der Waals surface area contributed by atoms with Crippen molar-refractivity contribution in [2.24, 2.45) is 0 Å². The van der Waals surface area contributed by atoms with Gasteiger partial charge >= 0.3 is 5.97 Å². The summed E-state index contributed by atoms with van der Waals surface area (Å²) in [5, 5.41) is 10.9. The summed E-state index contributed by atoms with van der Waals surface area (Å²) in [6.45, 7) is -0.0826. The zero-order valence-electron chi connectivity index (χ0n) is 13.3. The highest BCUT2D eigenvalue weighted by Gasteiger charge is 2.17. The molecule has 2 aromatic carbocycles. The van der Waals surface area contributed by atoms with Crippen molar-refractivity contribution in [1.29, 1.82) is 0 Å². The predicted molar refractivity (Wildman–Crippen MR) is 87.2 cm³/mol. The van der Waals surface area contributed by atoms with Crippen molar-refractivity contribution >= 4 is 11.7 Å². The number of fused-ring (bicyclic) bond motifs is 1. The van der Waals surface area contributed by atoms with Crippen molar-refractivity contribution in [2.75, 3.05) is 7.11 Å². The van der Waals surface area contributed by atoms with E-state index in [9.17, 15) is 14.9 Å². The quantitative estimate of drug-likeness (QED) is 0.477. The molecule has 0 heterocycles. The molecule has 2 aromatic rings. The summed E-state index contributed by atoms with van der Waals surface area (Å²) in [4.78, 5) is 22.6. The molecule has 0 spiro atoms. The minimum Gasteiger partial charge on any atom is -0.496 e. The molecule has 6 nitrogen and oxygen atoms in total. The van der Waals surface area contributed by atoms with Crippen LogP contribution in [0.5, 0.6) is 5.75 Å². The zero-order chi connectivity index (χ0) is 17.1. The average molecular weight is 327 g/mol. The highest BCUT2D eigenvalue weighted by atomic mass is 16.6. The van der Waals surface area contributed by atoms with E-state index in [4.69, 9.17) is 9.47 Å². The van der Waals surface area contributed by atoms with Crippen LogP contribution in [-0.4, -0.2) is 18.0 Å². The lowest BCUT2D eigenvalue weighted by Crippen LogP contribution is -2.07. The number of hydrogen-bond acceptors (Lipinski definition) is 5. The number of nitro groups is 1. The molecule has 1 aliphatic carbocycles. The first-order valence-electron chi connectivity index (χ1n) is 7.68. The summed E-state index contributed by atoms with van der Waals surface area (Å²) >= 11 is 0. The van der Waals surface area contributed by atoms with Crippen molar-refractivity contribution in [2.45, 2.75) is 25.9 Å². The first-order chi connectivity index (χ1) is 11.6. The second-order valence-corrected chi connectivity index (χ2v) is 5.67. The first kappa shape index (κ1) is 16.0. The molecule has 0 bridgehead atoms. The Morgan fingerprint density at radius 3 is 2.71 bits per heavy atom. The van der Waals surface area contributed by atoms with Gasteiger partial charge in [-0.2, -0.15) is 0 Å². The third kappa shape index (κ3) is 3.22. The largest absolute Gasteiger partial charge is 0.496 e. The van der Waals surface area contributed by atoms with Gasteiger partial charge in [0.25, 0.3) is 5.69 Å². The van der Waals surface area contributed by atoms with E-state index in [-0.39, 0.29) is 12.3 Å². The molecule has 0 saturated heterocycles. The number of nitro benzene ring substituents is 1. The maximum absolute atomic E-state index is 12.2. The van der Waals surface area contributed by atoms with Gasteiger partial charge in [0, 0.05) is 17.7 Å². The average Bonchev–Trinajstić information content (AvgIpc) is 3.06. The Balaban J connectivity index is 1.74. The molecule has 0 N–H and O–H groups in total. The molecule has 3 rings (SSSR count). The maximum Gasteiger partial charge on any atom is 0.338 e. The third-order valence-electron chi connectivity index (χ3n) is 4.17. The fourth-order valence-corrected chi connectivity index (χ4v) is 2.92. The Hall–Kier alpha value is -2.89. The molecule has 24 heavy (non-hydrogen) atoms. The molecule has 0 fully saturated rings. The number of carbonyl (C=O) groups excluding carboxylic acids is 1. The number of methoxy groups -OCH3 is 1. The normalized spacial score (nSPS) is 12.5. The molecular formula is C18H17NO5. The summed E-state index contributed by atoms with van der Waals surface area (Å²) in [7, 11) is 1.47. The van der Waals surface area contributed by atoms with Gasteiger partial charge in [0.2, 0.25) is 0 Å². The van der Waals surface area contributed by atoms with E-state index in [1.54, 1.807) is 6.07 Å². The van der Waals surface area contributed by atoms with E-state index in [2.05, 4.69) is 0 Å². The van der Waals surface area contributed by atoms with Crippen LogP contribution in [0.15, 0.2) is 36.4 Å². The Morgan fingerprint density at radius 1 is 1.17 bits per heavy atom. The van der Waals surface area contributed by atoms with Gasteiger partial charge in [-0.05, 0) is 48.6 Å². The molecular weight excluding hydrogens is 310 g/mol. The van der Waals surface area contributed by atoms with Crippen LogP contribution in [0.3, 0.4) is 0 Å². The molecule has 0 radical (unpaired) electrons.